The Balaban J connectivity index is 1.84. The van der Waals surface area contributed by atoms with Gasteiger partial charge >= 0.3 is 5.97 Å². The van der Waals surface area contributed by atoms with Crippen LogP contribution >= 0.6 is 11.3 Å². The molecule has 0 radical (unpaired) electrons. The predicted molar refractivity (Wildman–Crippen MR) is 77.6 cm³/mol. The molecular formula is C15H14FNO3S. The summed E-state index contributed by atoms with van der Waals surface area (Å²) < 4.78 is 18.2. The number of hydrogen-bond acceptors (Lipinski definition) is 4. The summed E-state index contributed by atoms with van der Waals surface area (Å²) in [5, 5.41) is 4.62. The molecule has 0 fully saturated rings. The first-order chi connectivity index (χ1) is 10.1. The average Bonchev–Trinajstić information content (AvgIpc) is 2.99. The van der Waals surface area contributed by atoms with E-state index in [-0.39, 0.29) is 11.6 Å². The summed E-state index contributed by atoms with van der Waals surface area (Å²) >= 11 is 1.52. The summed E-state index contributed by atoms with van der Waals surface area (Å²) in [7, 11) is 0. The molecule has 1 aromatic carbocycles. The van der Waals surface area contributed by atoms with Crippen LogP contribution in [0.25, 0.3) is 0 Å². The Bertz CT molecular complexity index is 628. The van der Waals surface area contributed by atoms with E-state index >= 15 is 0 Å². The third-order valence-electron chi connectivity index (χ3n) is 2.78. The number of amides is 1. The Morgan fingerprint density at radius 3 is 2.71 bits per heavy atom. The molecule has 1 N–H and O–H groups in total. The Hall–Kier alpha value is -2.21. The van der Waals surface area contributed by atoms with E-state index in [1.165, 1.54) is 29.5 Å². The maximum Gasteiger partial charge on any atom is 0.341 e. The molecule has 0 saturated carbocycles. The first-order valence-electron chi connectivity index (χ1n) is 6.32. The highest BCUT2D eigenvalue weighted by molar-refractivity contribution is 7.10. The van der Waals surface area contributed by atoms with E-state index < -0.39 is 24.3 Å². The smallest absolute Gasteiger partial charge is 0.341 e. The quantitative estimate of drug-likeness (QED) is 0.864. The Kier molecular flexibility index (Phi) is 5.05. The van der Waals surface area contributed by atoms with Crippen molar-refractivity contribution in [1.82, 2.24) is 5.32 Å². The van der Waals surface area contributed by atoms with Crippen molar-refractivity contribution in [2.45, 2.75) is 13.0 Å². The second kappa shape index (κ2) is 6.99. The normalized spacial score (nSPS) is 11.7. The molecule has 2 rings (SSSR count). The fourth-order valence-corrected chi connectivity index (χ4v) is 2.46. The van der Waals surface area contributed by atoms with Crippen LogP contribution in [0.3, 0.4) is 0 Å². The lowest BCUT2D eigenvalue weighted by Crippen LogP contribution is -2.30. The van der Waals surface area contributed by atoms with Gasteiger partial charge in [0.1, 0.15) is 5.82 Å². The highest BCUT2D eigenvalue weighted by atomic mass is 32.1. The molecule has 1 atom stereocenters. The van der Waals surface area contributed by atoms with Gasteiger partial charge in [-0.15, -0.1) is 11.3 Å². The monoisotopic (exact) mass is 307 g/mol. The molecule has 6 heteroatoms. The topological polar surface area (TPSA) is 55.4 Å². The Morgan fingerprint density at radius 1 is 1.29 bits per heavy atom. The first-order valence-corrected chi connectivity index (χ1v) is 7.20. The second-order valence-electron chi connectivity index (χ2n) is 4.36. The summed E-state index contributed by atoms with van der Waals surface area (Å²) in [5.41, 5.74) is -0.184. The van der Waals surface area contributed by atoms with Crippen LogP contribution in [-0.2, 0) is 9.53 Å². The Morgan fingerprint density at radius 2 is 2.05 bits per heavy atom. The maximum atomic E-state index is 13.4. The number of carbonyl (C=O) groups excluding carboxylic acids is 2. The molecule has 1 heterocycles. The van der Waals surface area contributed by atoms with E-state index in [0.717, 1.165) is 10.9 Å². The highest BCUT2D eigenvalue weighted by Gasteiger charge is 2.15. The van der Waals surface area contributed by atoms with E-state index in [1.807, 2.05) is 24.4 Å². The summed E-state index contributed by atoms with van der Waals surface area (Å²) in [6.45, 7) is 1.39. The van der Waals surface area contributed by atoms with Crippen LogP contribution in [0.5, 0.6) is 0 Å². The number of rotatable bonds is 5. The molecule has 0 aliphatic heterocycles. The third kappa shape index (κ3) is 4.13. The number of hydrogen-bond donors (Lipinski definition) is 1. The van der Waals surface area contributed by atoms with Gasteiger partial charge in [0.2, 0.25) is 0 Å². The van der Waals surface area contributed by atoms with Crippen molar-refractivity contribution in [2.75, 3.05) is 6.61 Å². The number of carbonyl (C=O) groups is 2. The molecule has 0 spiro atoms. The van der Waals surface area contributed by atoms with Gasteiger partial charge in [0.25, 0.3) is 5.91 Å². The number of thiophene rings is 1. The zero-order valence-electron chi connectivity index (χ0n) is 11.3. The summed E-state index contributed by atoms with van der Waals surface area (Å²) in [6, 6.07) is 9.10. The predicted octanol–water partition coefficient (Wildman–Crippen LogP) is 2.92. The lowest BCUT2D eigenvalue weighted by atomic mass is 10.2. The van der Waals surface area contributed by atoms with E-state index in [1.54, 1.807) is 0 Å². The van der Waals surface area contributed by atoms with Crippen molar-refractivity contribution >= 4 is 23.2 Å². The van der Waals surface area contributed by atoms with Crippen LogP contribution in [-0.4, -0.2) is 18.5 Å². The minimum absolute atomic E-state index is 0.162. The van der Waals surface area contributed by atoms with Crippen molar-refractivity contribution in [2.24, 2.45) is 0 Å². The fourth-order valence-electron chi connectivity index (χ4n) is 1.73. The molecule has 0 bridgehead atoms. The van der Waals surface area contributed by atoms with E-state index in [0.29, 0.717) is 0 Å². The van der Waals surface area contributed by atoms with Gasteiger partial charge in [0, 0.05) is 4.88 Å². The standard InChI is InChI=1S/C15H14FNO3S/c1-10(13-7-4-8-21-13)17-14(18)9-20-15(19)11-5-2-3-6-12(11)16/h2-8,10H,9H2,1H3,(H,17,18)/t10-/m1/s1. The molecule has 2 aromatic rings. The molecule has 0 aliphatic rings. The minimum atomic E-state index is -0.855. The van der Waals surface area contributed by atoms with Crippen LogP contribution < -0.4 is 5.32 Å². The average molecular weight is 307 g/mol. The molecule has 4 nitrogen and oxygen atoms in total. The second-order valence-corrected chi connectivity index (χ2v) is 5.34. The van der Waals surface area contributed by atoms with Gasteiger partial charge in [0.15, 0.2) is 6.61 Å². The van der Waals surface area contributed by atoms with Crippen LogP contribution in [0.4, 0.5) is 4.39 Å². The van der Waals surface area contributed by atoms with Crippen molar-refractivity contribution < 1.29 is 18.7 Å². The largest absolute Gasteiger partial charge is 0.452 e. The fraction of sp³-hybridized carbons (Fsp3) is 0.200. The SMILES string of the molecule is C[C@@H](NC(=O)COC(=O)c1ccccc1F)c1cccs1. The molecule has 0 saturated heterocycles. The first kappa shape index (κ1) is 15.2. The van der Waals surface area contributed by atoms with Crippen molar-refractivity contribution in [1.29, 1.82) is 0 Å². The van der Waals surface area contributed by atoms with Crippen LogP contribution in [0.15, 0.2) is 41.8 Å². The summed E-state index contributed by atoms with van der Waals surface area (Å²) in [4.78, 5) is 24.3. The zero-order valence-corrected chi connectivity index (χ0v) is 12.2. The van der Waals surface area contributed by atoms with Crippen LogP contribution in [0, 0.1) is 5.82 Å². The number of ether oxygens (including phenoxy) is 1. The minimum Gasteiger partial charge on any atom is -0.452 e. The van der Waals surface area contributed by atoms with Gasteiger partial charge in [0.05, 0.1) is 11.6 Å². The van der Waals surface area contributed by atoms with Gasteiger partial charge < -0.3 is 10.1 Å². The van der Waals surface area contributed by atoms with Gasteiger partial charge in [-0.1, -0.05) is 18.2 Å². The van der Waals surface area contributed by atoms with Gasteiger partial charge in [-0.3, -0.25) is 4.79 Å². The molecule has 0 unspecified atom stereocenters. The third-order valence-corrected chi connectivity index (χ3v) is 3.83. The van der Waals surface area contributed by atoms with Crippen molar-refractivity contribution in [3.8, 4) is 0 Å². The van der Waals surface area contributed by atoms with Gasteiger partial charge in [-0.2, -0.15) is 0 Å². The van der Waals surface area contributed by atoms with Gasteiger partial charge in [-0.25, -0.2) is 9.18 Å². The lowest BCUT2D eigenvalue weighted by Gasteiger charge is -2.12. The van der Waals surface area contributed by atoms with Crippen LogP contribution in [0.2, 0.25) is 0 Å². The molecular weight excluding hydrogens is 293 g/mol. The number of esters is 1. The highest BCUT2D eigenvalue weighted by Crippen LogP contribution is 2.17. The zero-order chi connectivity index (χ0) is 15.2. The molecule has 1 amide bonds. The molecule has 1 aromatic heterocycles. The van der Waals surface area contributed by atoms with E-state index in [9.17, 15) is 14.0 Å². The van der Waals surface area contributed by atoms with Gasteiger partial charge in [-0.05, 0) is 30.5 Å². The molecule has 21 heavy (non-hydrogen) atoms. The molecule has 110 valence electrons. The van der Waals surface area contributed by atoms with Crippen molar-refractivity contribution in [3.05, 3.63) is 58.0 Å². The molecule has 0 aliphatic carbocycles. The Labute approximate surface area is 125 Å². The van der Waals surface area contributed by atoms with E-state index in [2.05, 4.69) is 5.32 Å². The van der Waals surface area contributed by atoms with Crippen LogP contribution in [0.1, 0.15) is 28.2 Å². The summed E-state index contributed by atoms with van der Waals surface area (Å²) in [5.74, 6) is -1.96. The number of halogens is 1. The summed E-state index contributed by atoms with van der Waals surface area (Å²) in [6.07, 6.45) is 0. The van der Waals surface area contributed by atoms with Crippen molar-refractivity contribution in [3.63, 3.8) is 0 Å². The number of benzene rings is 1. The maximum absolute atomic E-state index is 13.4. The number of nitrogens with one attached hydrogen (secondary N) is 1. The van der Waals surface area contributed by atoms with E-state index in [4.69, 9.17) is 4.74 Å². The lowest BCUT2D eigenvalue weighted by molar-refractivity contribution is -0.124.